The Kier molecular flexibility index (Phi) is 8.86. The zero-order valence-corrected chi connectivity index (χ0v) is 22.9. The van der Waals surface area contributed by atoms with E-state index in [2.05, 4.69) is 0 Å². The van der Waals surface area contributed by atoms with E-state index in [-0.39, 0.29) is 12.5 Å². The van der Waals surface area contributed by atoms with Crippen molar-refractivity contribution in [3.8, 4) is 0 Å². The molecule has 0 aliphatic carbocycles. The fourth-order valence-electron chi connectivity index (χ4n) is 4.18. The van der Waals surface area contributed by atoms with Gasteiger partial charge in [0, 0.05) is 24.9 Å². The molecule has 2 atom stereocenters. The Morgan fingerprint density at radius 3 is 2.37 bits per heavy atom. The first-order valence-corrected chi connectivity index (χ1v) is 13.3. The molecule has 0 radical (unpaired) electrons. The number of rotatable bonds is 8. The predicted octanol–water partition coefficient (Wildman–Crippen LogP) is 5.03. The third-order valence-corrected chi connectivity index (χ3v) is 7.58. The number of hydrogen-bond donors (Lipinski definition) is 0. The Morgan fingerprint density at radius 1 is 1.00 bits per heavy atom. The second kappa shape index (κ2) is 12.3. The van der Waals surface area contributed by atoms with E-state index in [1.807, 2.05) is 86.6 Å². The van der Waals surface area contributed by atoms with Gasteiger partial charge < -0.3 is 19.3 Å². The quantitative estimate of drug-likeness (QED) is 0.377. The van der Waals surface area contributed by atoms with Crippen molar-refractivity contribution in [2.45, 2.75) is 36.7 Å². The molecule has 1 aliphatic rings. The number of esters is 2. The van der Waals surface area contributed by atoms with Crippen LogP contribution in [-0.2, 0) is 25.7 Å². The van der Waals surface area contributed by atoms with E-state index < -0.39 is 23.3 Å². The maximum atomic E-state index is 14.0. The highest BCUT2D eigenvalue weighted by Gasteiger charge is 2.41. The molecule has 0 N–H and O–H groups in total. The summed E-state index contributed by atoms with van der Waals surface area (Å²) in [6, 6.07) is 22.6. The van der Waals surface area contributed by atoms with E-state index in [0.29, 0.717) is 24.3 Å². The Hall–Kier alpha value is -3.62. The number of carbonyl (C=O) groups excluding carboxylic acids is 3. The van der Waals surface area contributed by atoms with Crippen LogP contribution in [0.1, 0.15) is 39.2 Å². The highest BCUT2D eigenvalue weighted by Crippen LogP contribution is 2.47. The van der Waals surface area contributed by atoms with Crippen LogP contribution in [0.2, 0.25) is 0 Å². The van der Waals surface area contributed by atoms with E-state index in [9.17, 15) is 14.4 Å². The van der Waals surface area contributed by atoms with Gasteiger partial charge in [-0.2, -0.15) is 0 Å². The molecule has 0 saturated heterocycles. The van der Waals surface area contributed by atoms with Crippen LogP contribution in [0, 0.1) is 6.92 Å². The zero-order valence-electron chi connectivity index (χ0n) is 22.0. The van der Waals surface area contributed by atoms with Crippen LogP contribution >= 0.6 is 11.8 Å². The van der Waals surface area contributed by atoms with Crippen molar-refractivity contribution >= 4 is 35.3 Å². The predicted molar refractivity (Wildman–Crippen MR) is 148 cm³/mol. The van der Waals surface area contributed by atoms with Gasteiger partial charge in [0.05, 0.1) is 16.5 Å². The lowest BCUT2D eigenvalue weighted by atomic mass is 10.0. The number of amides is 1. The standard InChI is InChI=1S/C30H32N2O5S/c1-20-10-12-23(13-11-20)28-27(37-21(2)33)29(34)32(17-16-31(3)4)25-18-24(14-15-26(25)38-28)30(35)36-19-22-8-6-5-7-9-22/h5-15,18,27-28H,16-17,19H2,1-4H3/t27-,28+/m1/s1. The first kappa shape index (κ1) is 27.4. The molecule has 38 heavy (non-hydrogen) atoms. The summed E-state index contributed by atoms with van der Waals surface area (Å²) in [6.07, 6.45) is -1.02. The number of benzene rings is 3. The zero-order chi connectivity index (χ0) is 27.2. The minimum Gasteiger partial charge on any atom is -0.457 e. The Bertz CT molecular complexity index is 1290. The molecule has 1 amide bonds. The van der Waals surface area contributed by atoms with Gasteiger partial charge in [-0.05, 0) is 50.3 Å². The summed E-state index contributed by atoms with van der Waals surface area (Å²) in [5.41, 5.74) is 3.81. The maximum Gasteiger partial charge on any atom is 0.338 e. The summed E-state index contributed by atoms with van der Waals surface area (Å²) in [7, 11) is 3.85. The largest absolute Gasteiger partial charge is 0.457 e. The SMILES string of the molecule is CC(=O)O[C@H]1C(=O)N(CCN(C)C)c2cc(C(=O)OCc3ccccc3)ccc2S[C@H]1c1ccc(C)cc1. The van der Waals surface area contributed by atoms with Crippen LogP contribution in [0.15, 0.2) is 77.7 Å². The van der Waals surface area contributed by atoms with Crippen LogP contribution in [0.25, 0.3) is 0 Å². The summed E-state index contributed by atoms with van der Waals surface area (Å²) < 4.78 is 11.2. The van der Waals surface area contributed by atoms with Crippen molar-refractivity contribution < 1.29 is 23.9 Å². The second-order valence-corrected chi connectivity index (χ2v) is 10.7. The number of thioether (sulfide) groups is 1. The van der Waals surface area contributed by atoms with Gasteiger partial charge in [0.2, 0.25) is 0 Å². The monoisotopic (exact) mass is 532 g/mol. The van der Waals surface area contributed by atoms with Crippen molar-refractivity contribution in [1.29, 1.82) is 0 Å². The molecule has 4 rings (SSSR count). The number of ether oxygens (including phenoxy) is 2. The van der Waals surface area contributed by atoms with Crippen LogP contribution in [0.4, 0.5) is 5.69 Å². The number of aryl methyl sites for hydroxylation is 1. The molecule has 0 aromatic heterocycles. The lowest BCUT2D eigenvalue weighted by Crippen LogP contribution is -2.45. The molecule has 0 spiro atoms. The fraction of sp³-hybridized carbons (Fsp3) is 0.300. The van der Waals surface area contributed by atoms with E-state index in [1.54, 1.807) is 17.0 Å². The Labute approximate surface area is 227 Å². The molecular weight excluding hydrogens is 500 g/mol. The number of nitrogens with zero attached hydrogens (tertiary/aromatic N) is 2. The van der Waals surface area contributed by atoms with E-state index in [0.717, 1.165) is 21.6 Å². The third-order valence-electron chi connectivity index (χ3n) is 6.21. The highest BCUT2D eigenvalue weighted by atomic mass is 32.2. The molecule has 3 aromatic carbocycles. The first-order chi connectivity index (χ1) is 18.2. The number of carbonyl (C=O) groups is 3. The van der Waals surface area contributed by atoms with Gasteiger partial charge in [-0.15, -0.1) is 11.8 Å². The van der Waals surface area contributed by atoms with Gasteiger partial charge >= 0.3 is 11.9 Å². The van der Waals surface area contributed by atoms with Gasteiger partial charge in [-0.3, -0.25) is 9.59 Å². The molecule has 0 fully saturated rings. The lowest BCUT2D eigenvalue weighted by molar-refractivity contribution is -0.152. The van der Waals surface area contributed by atoms with Crippen LogP contribution in [-0.4, -0.2) is 56.0 Å². The third kappa shape index (κ3) is 6.62. The summed E-state index contributed by atoms with van der Waals surface area (Å²) in [6.45, 7) is 4.40. The molecule has 0 saturated carbocycles. The minimum absolute atomic E-state index is 0.152. The number of fused-ring (bicyclic) bond motifs is 1. The first-order valence-electron chi connectivity index (χ1n) is 12.4. The summed E-state index contributed by atoms with van der Waals surface area (Å²) in [5, 5.41) is -0.453. The van der Waals surface area contributed by atoms with Gasteiger partial charge in [-0.25, -0.2) is 4.79 Å². The average molecular weight is 533 g/mol. The van der Waals surface area contributed by atoms with Crippen molar-refractivity contribution in [3.63, 3.8) is 0 Å². The Balaban J connectivity index is 1.72. The maximum absolute atomic E-state index is 14.0. The van der Waals surface area contributed by atoms with Gasteiger partial charge in [0.15, 0.2) is 6.10 Å². The average Bonchev–Trinajstić information content (AvgIpc) is 3.01. The second-order valence-electron chi connectivity index (χ2n) is 9.52. The highest BCUT2D eigenvalue weighted by molar-refractivity contribution is 7.99. The van der Waals surface area contributed by atoms with E-state index >= 15 is 0 Å². The van der Waals surface area contributed by atoms with Gasteiger partial charge in [0.1, 0.15) is 6.61 Å². The van der Waals surface area contributed by atoms with Crippen molar-refractivity contribution in [3.05, 3.63) is 95.1 Å². The van der Waals surface area contributed by atoms with E-state index in [1.165, 1.54) is 18.7 Å². The van der Waals surface area contributed by atoms with Crippen molar-refractivity contribution in [1.82, 2.24) is 4.90 Å². The molecular formula is C30H32N2O5S. The summed E-state index contributed by atoms with van der Waals surface area (Å²) >= 11 is 1.45. The van der Waals surface area contributed by atoms with Crippen molar-refractivity contribution in [2.24, 2.45) is 0 Å². The number of hydrogen-bond acceptors (Lipinski definition) is 7. The molecule has 0 unspecified atom stereocenters. The molecule has 7 nitrogen and oxygen atoms in total. The molecule has 0 bridgehead atoms. The molecule has 8 heteroatoms. The van der Waals surface area contributed by atoms with Crippen LogP contribution in [0.5, 0.6) is 0 Å². The smallest absolute Gasteiger partial charge is 0.338 e. The van der Waals surface area contributed by atoms with Crippen LogP contribution < -0.4 is 4.90 Å². The molecule has 3 aromatic rings. The molecule has 1 aliphatic heterocycles. The van der Waals surface area contributed by atoms with Gasteiger partial charge in [-0.1, -0.05) is 60.2 Å². The minimum atomic E-state index is -1.02. The number of likely N-dealkylation sites (N-methyl/N-ethyl adjacent to an activating group) is 1. The fourth-order valence-corrected chi connectivity index (χ4v) is 5.48. The summed E-state index contributed by atoms with van der Waals surface area (Å²) in [4.78, 5) is 43.5. The topological polar surface area (TPSA) is 76.2 Å². The lowest BCUT2D eigenvalue weighted by Gasteiger charge is -2.28. The Morgan fingerprint density at radius 2 is 1.71 bits per heavy atom. The van der Waals surface area contributed by atoms with Gasteiger partial charge in [0.25, 0.3) is 5.91 Å². The normalized spacial score (nSPS) is 17.1. The molecule has 198 valence electrons. The molecule has 1 heterocycles. The van der Waals surface area contributed by atoms with Crippen LogP contribution in [0.3, 0.4) is 0 Å². The number of anilines is 1. The van der Waals surface area contributed by atoms with E-state index in [4.69, 9.17) is 9.47 Å². The summed E-state index contributed by atoms with van der Waals surface area (Å²) in [5.74, 6) is -1.32. The van der Waals surface area contributed by atoms with Crippen molar-refractivity contribution in [2.75, 3.05) is 32.1 Å².